The molecule has 2 aromatic rings. The molecule has 0 spiro atoms. The van der Waals surface area contributed by atoms with Gasteiger partial charge in [-0.25, -0.2) is 0 Å². The summed E-state index contributed by atoms with van der Waals surface area (Å²) in [4.78, 5) is 0. The first-order valence-electron chi connectivity index (χ1n) is 10.1. The number of hydrogen-bond acceptors (Lipinski definition) is 6. The van der Waals surface area contributed by atoms with Crippen LogP contribution >= 0.6 is 11.6 Å². The van der Waals surface area contributed by atoms with Gasteiger partial charge < -0.3 is 29.5 Å². The van der Waals surface area contributed by atoms with Crippen LogP contribution in [0.1, 0.15) is 29.7 Å². The maximum Gasteiger partial charge on any atom is 0.119 e. The van der Waals surface area contributed by atoms with E-state index in [4.69, 9.17) is 25.8 Å². The van der Waals surface area contributed by atoms with Crippen LogP contribution in [0, 0.1) is 5.92 Å². The predicted octanol–water partition coefficient (Wildman–Crippen LogP) is 2.75. The van der Waals surface area contributed by atoms with Gasteiger partial charge in [-0.1, -0.05) is 35.9 Å². The number of ether oxygens (including phenoxy) is 3. The Hall–Kier alpha value is -1.67. The highest BCUT2D eigenvalue weighted by molar-refractivity contribution is 6.31. The fourth-order valence-electron chi connectivity index (χ4n) is 3.85. The molecule has 1 aliphatic heterocycles. The van der Waals surface area contributed by atoms with E-state index in [1.165, 1.54) is 7.11 Å². The van der Waals surface area contributed by atoms with Gasteiger partial charge in [0, 0.05) is 18.1 Å². The minimum Gasteiger partial charge on any atom is -0.494 e. The van der Waals surface area contributed by atoms with Crippen LogP contribution in [0.25, 0.3) is 0 Å². The van der Waals surface area contributed by atoms with Crippen LogP contribution in [0.3, 0.4) is 0 Å². The van der Waals surface area contributed by atoms with E-state index in [0.717, 1.165) is 16.9 Å². The Morgan fingerprint density at radius 2 is 1.80 bits per heavy atom. The van der Waals surface area contributed by atoms with Crippen molar-refractivity contribution < 1.29 is 29.5 Å². The van der Waals surface area contributed by atoms with Crippen LogP contribution in [0.2, 0.25) is 5.02 Å². The molecule has 0 amide bonds. The zero-order valence-corrected chi connectivity index (χ0v) is 18.0. The number of halogens is 1. The van der Waals surface area contributed by atoms with Crippen LogP contribution in [-0.2, 0) is 15.9 Å². The van der Waals surface area contributed by atoms with Gasteiger partial charge in [0.1, 0.15) is 18.0 Å². The monoisotopic (exact) mass is 436 g/mol. The van der Waals surface area contributed by atoms with Gasteiger partial charge in [0.25, 0.3) is 0 Å². The first-order chi connectivity index (χ1) is 14.5. The highest BCUT2D eigenvalue weighted by Crippen LogP contribution is 2.37. The van der Waals surface area contributed by atoms with E-state index in [0.29, 0.717) is 23.6 Å². The minimum atomic E-state index is -1.17. The Morgan fingerprint density at radius 1 is 1.07 bits per heavy atom. The lowest BCUT2D eigenvalue weighted by Gasteiger charge is -2.42. The number of aliphatic hydroxyl groups is 3. The Kier molecular flexibility index (Phi) is 8.11. The zero-order chi connectivity index (χ0) is 21.7. The smallest absolute Gasteiger partial charge is 0.119 e. The van der Waals surface area contributed by atoms with Crippen molar-refractivity contribution in [1.29, 1.82) is 0 Å². The molecule has 1 aliphatic rings. The van der Waals surface area contributed by atoms with Gasteiger partial charge in [-0.3, -0.25) is 0 Å². The summed E-state index contributed by atoms with van der Waals surface area (Å²) in [6.45, 7) is 2.46. The molecule has 164 valence electrons. The molecule has 3 rings (SSSR count). The van der Waals surface area contributed by atoms with E-state index >= 15 is 0 Å². The summed E-state index contributed by atoms with van der Waals surface area (Å²) in [5, 5.41) is 31.4. The summed E-state index contributed by atoms with van der Waals surface area (Å²) in [5.74, 6) is 0.197. The van der Waals surface area contributed by atoms with Crippen molar-refractivity contribution in [3.8, 4) is 5.75 Å². The lowest BCUT2D eigenvalue weighted by molar-refractivity contribution is -0.219. The minimum absolute atomic E-state index is 0.206. The van der Waals surface area contributed by atoms with Crippen LogP contribution in [-0.4, -0.2) is 60.6 Å². The third-order valence-corrected chi connectivity index (χ3v) is 5.84. The Morgan fingerprint density at radius 3 is 2.43 bits per heavy atom. The van der Waals surface area contributed by atoms with Crippen molar-refractivity contribution >= 4 is 11.6 Å². The van der Waals surface area contributed by atoms with Gasteiger partial charge in [-0.2, -0.15) is 0 Å². The Labute approximate surface area is 182 Å². The average molecular weight is 437 g/mol. The van der Waals surface area contributed by atoms with E-state index in [1.54, 1.807) is 12.1 Å². The third kappa shape index (κ3) is 5.14. The molecule has 0 radical (unpaired) electrons. The van der Waals surface area contributed by atoms with E-state index in [9.17, 15) is 15.3 Å². The Balaban J connectivity index is 1.82. The number of methoxy groups -OCH3 is 1. The second kappa shape index (κ2) is 10.6. The topological polar surface area (TPSA) is 88.4 Å². The molecule has 0 aliphatic carbocycles. The summed E-state index contributed by atoms with van der Waals surface area (Å²) in [7, 11) is 1.53. The highest BCUT2D eigenvalue weighted by atomic mass is 35.5. The molecule has 0 saturated carbocycles. The SMILES string of the molecule is CCOc1ccc(Cc2cc(C3OC(COC)C(CO)C(O)C3O)ccc2Cl)cc1. The molecule has 1 fully saturated rings. The number of rotatable bonds is 8. The molecule has 1 heterocycles. The summed E-state index contributed by atoms with van der Waals surface area (Å²) >= 11 is 6.42. The van der Waals surface area contributed by atoms with Crippen LogP contribution in [0.4, 0.5) is 0 Å². The van der Waals surface area contributed by atoms with Gasteiger partial charge in [-0.05, 0) is 48.2 Å². The van der Waals surface area contributed by atoms with Gasteiger partial charge in [0.15, 0.2) is 0 Å². The summed E-state index contributed by atoms with van der Waals surface area (Å²) in [6, 6.07) is 13.3. The van der Waals surface area contributed by atoms with Crippen molar-refractivity contribution in [3.63, 3.8) is 0 Å². The Bertz CT molecular complexity index is 812. The molecule has 0 aromatic heterocycles. The van der Waals surface area contributed by atoms with Gasteiger partial charge in [0.2, 0.25) is 0 Å². The van der Waals surface area contributed by atoms with Crippen LogP contribution in [0.15, 0.2) is 42.5 Å². The normalized spacial score (nSPS) is 26.5. The van der Waals surface area contributed by atoms with Crippen molar-refractivity contribution in [2.75, 3.05) is 26.9 Å². The molecule has 5 atom stereocenters. The summed E-state index contributed by atoms with van der Waals surface area (Å²) in [5.41, 5.74) is 2.67. The average Bonchev–Trinajstić information content (AvgIpc) is 2.74. The summed E-state index contributed by atoms with van der Waals surface area (Å²) < 4.78 is 16.7. The lowest BCUT2D eigenvalue weighted by Crippen LogP contribution is -2.53. The van der Waals surface area contributed by atoms with Crippen molar-refractivity contribution in [2.45, 2.75) is 37.8 Å². The molecular formula is C23H29ClO6. The maximum absolute atomic E-state index is 10.6. The van der Waals surface area contributed by atoms with Crippen LogP contribution < -0.4 is 4.74 Å². The van der Waals surface area contributed by atoms with Crippen LogP contribution in [0.5, 0.6) is 5.75 Å². The van der Waals surface area contributed by atoms with Crippen molar-refractivity contribution in [2.24, 2.45) is 5.92 Å². The van der Waals surface area contributed by atoms with E-state index in [1.807, 2.05) is 37.3 Å². The number of aliphatic hydroxyl groups excluding tert-OH is 3. The maximum atomic E-state index is 10.6. The highest BCUT2D eigenvalue weighted by Gasteiger charge is 2.44. The molecule has 6 nitrogen and oxygen atoms in total. The second-order valence-electron chi connectivity index (χ2n) is 7.48. The third-order valence-electron chi connectivity index (χ3n) is 5.47. The lowest BCUT2D eigenvalue weighted by atomic mass is 9.84. The molecule has 30 heavy (non-hydrogen) atoms. The first-order valence-corrected chi connectivity index (χ1v) is 10.5. The number of hydrogen-bond donors (Lipinski definition) is 3. The van der Waals surface area contributed by atoms with Gasteiger partial charge >= 0.3 is 0 Å². The fraction of sp³-hybridized carbons (Fsp3) is 0.478. The second-order valence-corrected chi connectivity index (χ2v) is 7.89. The van der Waals surface area contributed by atoms with E-state index in [2.05, 4.69) is 0 Å². The van der Waals surface area contributed by atoms with E-state index < -0.39 is 30.3 Å². The molecule has 3 N–H and O–H groups in total. The van der Waals surface area contributed by atoms with E-state index in [-0.39, 0.29) is 13.2 Å². The number of benzene rings is 2. The quantitative estimate of drug-likeness (QED) is 0.589. The molecule has 0 bridgehead atoms. The molecule has 7 heteroatoms. The molecule has 2 aromatic carbocycles. The first kappa shape index (κ1) is 23.0. The van der Waals surface area contributed by atoms with Crippen molar-refractivity contribution in [1.82, 2.24) is 0 Å². The standard InChI is InChI=1S/C23H29ClO6/c1-3-29-17-7-4-14(5-8-17)10-16-11-15(6-9-19(16)24)23-22(27)21(26)18(12-25)20(30-23)13-28-2/h4-9,11,18,20-23,25-27H,3,10,12-13H2,1-2H3. The molecule has 1 saturated heterocycles. The zero-order valence-electron chi connectivity index (χ0n) is 17.2. The van der Waals surface area contributed by atoms with Gasteiger partial charge in [0.05, 0.1) is 32.0 Å². The summed E-state index contributed by atoms with van der Waals surface area (Å²) in [6.07, 6.45) is -2.98. The molecule has 5 unspecified atom stereocenters. The van der Waals surface area contributed by atoms with Gasteiger partial charge in [-0.15, -0.1) is 0 Å². The predicted molar refractivity (Wildman–Crippen MR) is 114 cm³/mol. The molecular weight excluding hydrogens is 408 g/mol. The largest absolute Gasteiger partial charge is 0.494 e. The fourth-order valence-corrected chi connectivity index (χ4v) is 4.03. The van der Waals surface area contributed by atoms with Crippen molar-refractivity contribution in [3.05, 3.63) is 64.2 Å².